The lowest BCUT2D eigenvalue weighted by atomic mass is 10.5. The molecule has 0 amide bonds. The van der Waals surface area contributed by atoms with Crippen molar-refractivity contribution in [2.75, 3.05) is 0 Å². The first-order valence-electron chi connectivity index (χ1n) is 3.30. The van der Waals surface area contributed by atoms with Gasteiger partial charge in [-0.3, -0.25) is 4.57 Å². The minimum atomic E-state index is -0.399. The van der Waals surface area contributed by atoms with E-state index in [9.17, 15) is 4.79 Å². The number of nitrogens with zero attached hydrogens (tertiary/aromatic N) is 2. The minimum Gasteiger partial charge on any atom is -0.405 e. The van der Waals surface area contributed by atoms with Crippen molar-refractivity contribution in [2.24, 2.45) is 7.05 Å². The molecule has 0 radical (unpaired) electrons. The van der Waals surface area contributed by atoms with Crippen molar-refractivity contribution in [3.63, 3.8) is 0 Å². The second-order valence-electron chi connectivity index (χ2n) is 2.37. The van der Waals surface area contributed by atoms with Crippen molar-refractivity contribution in [1.82, 2.24) is 9.55 Å². The molecule has 0 fully saturated rings. The Bertz CT molecular complexity index is 486. The van der Waals surface area contributed by atoms with Gasteiger partial charge in [-0.05, 0) is 22.0 Å². The highest BCUT2D eigenvalue weighted by atomic mass is 79.9. The molecule has 5 heteroatoms. The highest BCUT2D eigenvalue weighted by Gasteiger charge is 2.08. The molecule has 0 atom stereocenters. The molecule has 12 heavy (non-hydrogen) atoms. The molecule has 2 rings (SSSR count). The molecule has 0 spiro atoms. The van der Waals surface area contributed by atoms with E-state index in [0.29, 0.717) is 11.2 Å². The first-order chi connectivity index (χ1) is 5.70. The van der Waals surface area contributed by atoms with Crippen LogP contribution in [0.15, 0.2) is 25.9 Å². The number of fused-ring (bicyclic) bond motifs is 1. The molecule has 62 valence electrons. The standard InChI is InChI=1S/C7H5BrN2O2/c1-10-6-5(12-7(10)11)4(8)2-3-9-6/h2-3H,1H3. The van der Waals surface area contributed by atoms with E-state index < -0.39 is 5.76 Å². The van der Waals surface area contributed by atoms with Crippen LogP contribution in [0, 0.1) is 0 Å². The van der Waals surface area contributed by atoms with Gasteiger partial charge in [-0.2, -0.15) is 0 Å². The van der Waals surface area contributed by atoms with Crippen molar-refractivity contribution in [3.05, 3.63) is 27.3 Å². The summed E-state index contributed by atoms with van der Waals surface area (Å²) in [5.74, 6) is -0.399. The first kappa shape index (κ1) is 7.54. The smallest absolute Gasteiger partial charge is 0.405 e. The summed E-state index contributed by atoms with van der Waals surface area (Å²) < 4.78 is 7.03. The van der Waals surface area contributed by atoms with Crippen LogP contribution in [0.4, 0.5) is 0 Å². The lowest BCUT2D eigenvalue weighted by Crippen LogP contribution is -2.08. The second-order valence-corrected chi connectivity index (χ2v) is 3.23. The fourth-order valence-electron chi connectivity index (χ4n) is 0.990. The highest BCUT2D eigenvalue weighted by Crippen LogP contribution is 2.19. The van der Waals surface area contributed by atoms with E-state index in [2.05, 4.69) is 20.9 Å². The van der Waals surface area contributed by atoms with Gasteiger partial charge >= 0.3 is 5.76 Å². The zero-order valence-electron chi connectivity index (χ0n) is 6.24. The number of halogens is 1. The first-order valence-corrected chi connectivity index (χ1v) is 4.09. The largest absolute Gasteiger partial charge is 0.420 e. The lowest BCUT2D eigenvalue weighted by Gasteiger charge is -1.90. The van der Waals surface area contributed by atoms with Crippen LogP contribution in [-0.2, 0) is 7.05 Å². The maximum atomic E-state index is 11.0. The molecule has 0 aliphatic rings. The Hall–Kier alpha value is -1.10. The molecular weight excluding hydrogens is 224 g/mol. The van der Waals surface area contributed by atoms with Crippen LogP contribution in [0.25, 0.3) is 11.2 Å². The number of hydrogen-bond acceptors (Lipinski definition) is 3. The highest BCUT2D eigenvalue weighted by molar-refractivity contribution is 9.10. The number of hydrogen-bond donors (Lipinski definition) is 0. The van der Waals surface area contributed by atoms with Gasteiger partial charge in [-0.15, -0.1) is 0 Å². The van der Waals surface area contributed by atoms with Crippen molar-refractivity contribution in [1.29, 1.82) is 0 Å². The summed E-state index contributed by atoms with van der Waals surface area (Å²) in [5.41, 5.74) is 1.04. The Morgan fingerprint density at radius 2 is 2.42 bits per heavy atom. The van der Waals surface area contributed by atoms with Crippen molar-refractivity contribution >= 4 is 27.2 Å². The fraction of sp³-hybridized carbons (Fsp3) is 0.143. The van der Waals surface area contributed by atoms with E-state index in [1.165, 1.54) is 4.57 Å². The Morgan fingerprint density at radius 3 is 3.08 bits per heavy atom. The Labute approximate surface area is 76.0 Å². The monoisotopic (exact) mass is 228 g/mol. The quantitative estimate of drug-likeness (QED) is 0.683. The molecule has 0 aliphatic heterocycles. The van der Waals surface area contributed by atoms with Crippen LogP contribution in [-0.4, -0.2) is 9.55 Å². The zero-order chi connectivity index (χ0) is 8.72. The number of oxazole rings is 1. The van der Waals surface area contributed by atoms with Gasteiger partial charge in [-0.1, -0.05) is 0 Å². The normalized spacial score (nSPS) is 10.8. The van der Waals surface area contributed by atoms with E-state index >= 15 is 0 Å². The third kappa shape index (κ3) is 0.896. The summed E-state index contributed by atoms with van der Waals surface area (Å²) in [6.07, 6.45) is 1.61. The molecule has 0 saturated heterocycles. The van der Waals surface area contributed by atoms with Crippen molar-refractivity contribution in [3.8, 4) is 0 Å². The van der Waals surface area contributed by atoms with Gasteiger partial charge in [0.05, 0.1) is 4.47 Å². The van der Waals surface area contributed by atoms with Gasteiger partial charge in [0, 0.05) is 13.2 Å². The SMILES string of the molecule is Cn1c(=O)oc2c(Br)ccnc21. The average Bonchev–Trinajstić information content (AvgIpc) is 2.32. The molecule has 0 N–H and O–H groups in total. The van der Waals surface area contributed by atoms with Crippen LogP contribution >= 0.6 is 15.9 Å². The van der Waals surface area contributed by atoms with E-state index in [4.69, 9.17) is 4.42 Å². The number of rotatable bonds is 0. The molecule has 2 aromatic heterocycles. The van der Waals surface area contributed by atoms with E-state index in [1.807, 2.05) is 0 Å². The third-order valence-corrected chi connectivity index (χ3v) is 2.24. The summed E-state index contributed by atoms with van der Waals surface area (Å²) in [6.45, 7) is 0. The summed E-state index contributed by atoms with van der Waals surface area (Å²) in [5, 5.41) is 0. The van der Waals surface area contributed by atoms with Crippen LogP contribution in [0.5, 0.6) is 0 Å². The molecule has 0 saturated carbocycles. The van der Waals surface area contributed by atoms with E-state index in [1.54, 1.807) is 19.3 Å². The van der Waals surface area contributed by atoms with Gasteiger partial charge in [0.1, 0.15) is 0 Å². The Kier molecular flexibility index (Phi) is 1.54. The predicted octanol–water partition coefficient (Wildman–Crippen LogP) is 1.29. The lowest BCUT2D eigenvalue weighted by molar-refractivity contribution is 0.527. The Balaban J connectivity index is 3.05. The van der Waals surface area contributed by atoms with Crippen LogP contribution in [0.3, 0.4) is 0 Å². The van der Waals surface area contributed by atoms with E-state index in [0.717, 1.165) is 4.47 Å². The fourth-order valence-corrected chi connectivity index (χ4v) is 1.37. The van der Waals surface area contributed by atoms with Crippen LogP contribution in [0.2, 0.25) is 0 Å². The molecule has 2 aromatic rings. The van der Waals surface area contributed by atoms with Gasteiger partial charge in [0.2, 0.25) is 0 Å². The zero-order valence-corrected chi connectivity index (χ0v) is 7.83. The molecule has 2 heterocycles. The number of aryl methyl sites for hydroxylation is 1. The molecular formula is C7H5BrN2O2. The summed E-state index contributed by atoms with van der Waals surface area (Å²) in [6, 6.07) is 1.73. The summed E-state index contributed by atoms with van der Waals surface area (Å²) >= 11 is 3.26. The second kappa shape index (κ2) is 2.45. The third-order valence-electron chi connectivity index (χ3n) is 1.62. The van der Waals surface area contributed by atoms with Crippen LogP contribution in [0.1, 0.15) is 0 Å². The summed E-state index contributed by atoms with van der Waals surface area (Å²) in [4.78, 5) is 15.0. The number of pyridine rings is 1. The number of aromatic nitrogens is 2. The van der Waals surface area contributed by atoms with Gasteiger partial charge in [0.15, 0.2) is 11.2 Å². The maximum Gasteiger partial charge on any atom is 0.420 e. The maximum absolute atomic E-state index is 11.0. The van der Waals surface area contributed by atoms with Gasteiger partial charge in [0.25, 0.3) is 0 Å². The molecule has 0 aromatic carbocycles. The van der Waals surface area contributed by atoms with Gasteiger partial charge in [-0.25, -0.2) is 9.78 Å². The molecule has 0 unspecified atom stereocenters. The topological polar surface area (TPSA) is 48.0 Å². The molecule has 0 aliphatic carbocycles. The summed E-state index contributed by atoms with van der Waals surface area (Å²) in [7, 11) is 1.62. The van der Waals surface area contributed by atoms with Gasteiger partial charge < -0.3 is 4.42 Å². The average molecular weight is 229 g/mol. The predicted molar refractivity (Wildman–Crippen MR) is 47.0 cm³/mol. The molecule has 4 nitrogen and oxygen atoms in total. The molecule has 0 bridgehead atoms. The van der Waals surface area contributed by atoms with Crippen molar-refractivity contribution in [2.45, 2.75) is 0 Å². The van der Waals surface area contributed by atoms with Crippen molar-refractivity contribution < 1.29 is 4.42 Å². The van der Waals surface area contributed by atoms with Crippen LogP contribution < -0.4 is 5.76 Å². The minimum absolute atomic E-state index is 0.399. The Morgan fingerprint density at radius 1 is 1.67 bits per heavy atom. The van der Waals surface area contributed by atoms with E-state index in [-0.39, 0.29) is 0 Å².